The molecule has 0 aliphatic carbocycles. The van der Waals surface area contributed by atoms with Crippen molar-refractivity contribution in [3.8, 4) is 0 Å². The van der Waals surface area contributed by atoms with Crippen LogP contribution in [0.4, 0.5) is 4.79 Å². The summed E-state index contributed by atoms with van der Waals surface area (Å²) < 4.78 is 0. The van der Waals surface area contributed by atoms with Crippen molar-refractivity contribution >= 4 is 12.0 Å². The number of aliphatic carboxylic acids is 1. The number of carbonyl (C=O) groups excluding carboxylic acids is 1. The third-order valence-corrected chi connectivity index (χ3v) is 3.16. The minimum Gasteiger partial charge on any atom is -0.481 e. The molecule has 0 aliphatic rings. The van der Waals surface area contributed by atoms with Crippen molar-refractivity contribution in [2.75, 3.05) is 13.1 Å². The van der Waals surface area contributed by atoms with Crippen LogP contribution in [0.5, 0.6) is 0 Å². The van der Waals surface area contributed by atoms with Gasteiger partial charge in [0.05, 0.1) is 0 Å². The Hall–Kier alpha value is -1.26. The second kappa shape index (κ2) is 9.61. The molecule has 0 saturated carbocycles. The Morgan fingerprint density at radius 1 is 1.20 bits per heavy atom. The van der Waals surface area contributed by atoms with Gasteiger partial charge in [0.1, 0.15) is 0 Å². The normalized spacial score (nSPS) is 12.6. The number of urea groups is 1. The van der Waals surface area contributed by atoms with Gasteiger partial charge in [-0.2, -0.15) is 0 Å². The lowest BCUT2D eigenvalue weighted by Gasteiger charge is -2.27. The molecule has 118 valence electrons. The molecule has 0 radical (unpaired) electrons. The van der Waals surface area contributed by atoms with E-state index < -0.39 is 5.97 Å². The summed E-state index contributed by atoms with van der Waals surface area (Å²) in [6.07, 6.45) is 1.83. The molecule has 2 amide bonds. The number of hydrogen-bond donors (Lipinski definition) is 2. The monoisotopic (exact) mass is 286 g/mol. The van der Waals surface area contributed by atoms with E-state index in [0.29, 0.717) is 12.5 Å². The summed E-state index contributed by atoms with van der Waals surface area (Å²) in [5.41, 5.74) is 0. The van der Waals surface area contributed by atoms with Crippen molar-refractivity contribution < 1.29 is 14.7 Å². The van der Waals surface area contributed by atoms with Crippen molar-refractivity contribution in [3.63, 3.8) is 0 Å². The lowest BCUT2D eigenvalue weighted by atomic mass is 9.94. The Bertz CT molecular complexity index is 303. The average Bonchev–Trinajstić information content (AvgIpc) is 2.30. The number of nitrogens with zero attached hydrogens (tertiary/aromatic N) is 1. The standard InChI is InChI=1S/C15H30N2O3/c1-6-7-17(12(4)5)15(20)16-10-13(8-11(2)3)9-14(18)19/h11-13H,6-10H2,1-5H3,(H,16,20)(H,18,19). The highest BCUT2D eigenvalue weighted by atomic mass is 16.4. The van der Waals surface area contributed by atoms with Gasteiger partial charge in [-0.1, -0.05) is 20.8 Å². The van der Waals surface area contributed by atoms with Gasteiger partial charge < -0.3 is 15.3 Å². The highest BCUT2D eigenvalue weighted by Gasteiger charge is 2.19. The van der Waals surface area contributed by atoms with Crippen LogP contribution in [0, 0.1) is 11.8 Å². The first-order valence-electron chi connectivity index (χ1n) is 7.54. The number of carboxylic acid groups (broad SMARTS) is 1. The van der Waals surface area contributed by atoms with E-state index in [1.807, 2.05) is 20.8 Å². The fourth-order valence-corrected chi connectivity index (χ4v) is 2.32. The highest BCUT2D eigenvalue weighted by molar-refractivity contribution is 5.74. The Labute approximate surface area is 122 Å². The van der Waals surface area contributed by atoms with Gasteiger partial charge in [0.2, 0.25) is 0 Å². The van der Waals surface area contributed by atoms with Gasteiger partial charge in [0.25, 0.3) is 0 Å². The predicted molar refractivity (Wildman–Crippen MR) is 80.7 cm³/mol. The molecular weight excluding hydrogens is 256 g/mol. The predicted octanol–water partition coefficient (Wildman–Crippen LogP) is 2.95. The van der Waals surface area contributed by atoms with Gasteiger partial charge in [-0.25, -0.2) is 4.79 Å². The fourth-order valence-electron chi connectivity index (χ4n) is 2.32. The van der Waals surface area contributed by atoms with E-state index in [0.717, 1.165) is 19.4 Å². The second-order valence-electron chi connectivity index (χ2n) is 6.07. The molecule has 0 saturated heterocycles. The van der Waals surface area contributed by atoms with E-state index in [-0.39, 0.29) is 24.4 Å². The third kappa shape index (κ3) is 8.02. The third-order valence-electron chi connectivity index (χ3n) is 3.16. The summed E-state index contributed by atoms with van der Waals surface area (Å²) in [6, 6.07) is 0.0546. The molecular formula is C15H30N2O3. The van der Waals surface area contributed by atoms with Crippen LogP contribution in [-0.4, -0.2) is 41.1 Å². The number of rotatable bonds is 9. The maximum absolute atomic E-state index is 12.1. The van der Waals surface area contributed by atoms with Crippen LogP contribution in [0.25, 0.3) is 0 Å². The quantitative estimate of drug-likeness (QED) is 0.684. The van der Waals surface area contributed by atoms with Crippen LogP contribution >= 0.6 is 0 Å². The van der Waals surface area contributed by atoms with Gasteiger partial charge in [0, 0.05) is 25.6 Å². The van der Waals surface area contributed by atoms with Gasteiger partial charge in [-0.3, -0.25) is 4.79 Å². The Balaban J connectivity index is 4.43. The molecule has 5 nitrogen and oxygen atoms in total. The van der Waals surface area contributed by atoms with Crippen molar-refractivity contribution in [1.29, 1.82) is 0 Å². The zero-order valence-corrected chi connectivity index (χ0v) is 13.5. The Kier molecular flexibility index (Phi) is 9.01. The second-order valence-corrected chi connectivity index (χ2v) is 6.07. The van der Waals surface area contributed by atoms with E-state index in [1.165, 1.54) is 0 Å². The molecule has 0 rings (SSSR count). The lowest BCUT2D eigenvalue weighted by Crippen LogP contribution is -2.45. The molecule has 20 heavy (non-hydrogen) atoms. The van der Waals surface area contributed by atoms with Crippen LogP contribution in [0.3, 0.4) is 0 Å². The molecule has 0 spiro atoms. The number of carboxylic acids is 1. The van der Waals surface area contributed by atoms with E-state index in [4.69, 9.17) is 5.11 Å². The summed E-state index contributed by atoms with van der Waals surface area (Å²) >= 11 is 0. The van der Waals surface area contributed by atoms with E-state index in [2.05, 4.69) is 19.2 Å². The van der Waals surface area contributed by atoms with Crippen molar-refractivity contribution in [1.82, 2.24) is 10.2 Å². The van der Waals surface area contributed by atoms with Gasteiger partial charge in [0.15, 0.2) is 0 Å². The Morgan fingerprint density at radius 3 is 2.20 bits per heavy atom. The van der Waals surface area contributed by atoms with Crippen molar-refractivity contribution in [2.45, 2.75) is 59.9 Å². The van der Waals surface area contributed by atoms with Crippen LogP contribution in [0.1, 0.15) is 53.9 Å². The summed E-state index contributed by atoms with van der Waals surface area (Å²) in [4.78, 5) is 24.8. The number of carbonyl (C=O) groups is 2. The number of amides is 2. The average molecular weight is 286 g/mol. The molecule has 0 bridgehead atoms. The number of hydrogen-bond acceptors (Lipinski definition) is 2. The maximum Gasteiger partial charge on any atom is 0.317 e. The summed E-state index contributed by atoms with van der Waals surface area (Å²) in [5, 5.41) is 11.8. The zero-order chi connectivity index (χ0) is 15.7. The topological polar surface area (TPSA) is 69.6 Å². The summed E-state index contributed by atoms with van der Waals surface area (Å²) in [5.74, 6) is -0.389. The molecule has 0 aromatic rings. The summed E-state index contributed by atoms with van der Waals surface area (Å²) in [6.45, 7) is 11.3. The molecule has 0 fully saturated rings. The maximum atomic E-state index is 12.1. The van der Waals surface area contributed by atoms with Crippen LogP contribution in [-0.2, 0) is 4.79 Å². The molecule has 0 heterocycles. The molecule has 0 aromatic carbocycles. The SMILES string of the molecule is CCCN(C(=O)NCC(CC(=O)O)CC(C)C)C(C)C. The minimum absolute atomic E-state index is 0.00733. The minimum atomic E-state index is -0.806. The molecule has 0 aromatic heterocycles. The molecule has 5 heteroatoms. The first kappa shape index (κ1) is 18.7. The van der Waals surface area contributed by atoms with E-state index in [1.54, 1.807) is 4.90 Å². The highest BCUT2D eigenvalue weighted by Crippen LogP contribution is 2.15. The smallest absolute Gasteiger partial charge is 0.317 e. The number of nitrogens with one attached hydrogen (secondary N) is 1. The van der Waals surface area contributed by atoms with Crippen molar-refractivity contribution in [3.05, 3.63) is 0 Å². The molecule has 0 aliphatic heterocycles. The largest absolute Gasteiger partial charge is 0.481 e. The zero-order valence-electron chi connectivity index (χ0n) is 13.5. The molecule has 2 N–H and O–H groups in total. The first-order valence-corrected chi connectivity index (χ1v) is 7.54. The van der Waals surface area contributed by atoms with Gasteiger partial charge in [-0.05, 0) is 38.5 Å². The van der Waals surface area contributed by atoms with Crippen LogP contribution < -0.4 is 5.32 Å². The van der Waals surface area contributed by atoms with E-state index >= 15 is 0 Å². The van der Waals surface area contributed by atoms with Gasteiger partial charge in [-0.15, -0.1) is 0 Å². The van der Waals surface area contributed by atoms with Gasteiger partial charge >= 0.3 is 12.0 Å². The lowest BCUT2D eigenvalue weighted by molar-refractivity contribution is -0.138. The molecule has 1 unspecified atom stereocenters. The molecule has 1 atom stereocenters. The van der Waals surface area contributed by atoms with Crippen molar-refractivity contribution in [2.24, 2.45) is 11.8 Å². The van der Waals surface area contributed by atoms with Crippen LogP contribution in [0.15, 0.2) is 0 Å². The first-order chi connectivity index (χ1) is 9.27. The summed E-state index contributed by atoms with van der Waals surface area (Å²) in [7, 11) is 0. The fraction of sp³-hybridized carbons (Fsp3) is 0.867. The Morgan fingerprint density at radius 2 is 1.80 bits per heavy atom. The van der Waals surface area contributed by atoms with Crippen LogP contribution in [0.2, 0.25) is 0 Å². The van der Waals surface area contributed by atoms with E-state index in [9.17, 15) is 9.59 Å².